The maximum atomic E-state index is 12.8. The second-order valence-corrected chi connectivity index (χ2v) is 6.57. The standard InChI is InChI=1S/C22H17ClN2O4/c1-14(26)16-4-2-5-18(13-16)24-21(27)19(12-15-7-9-17(23)10-8-15)25-22(28)20-6-3-11-29-20/h2-13H,1H3,(H,24,27)(H,25,28)/b19-12-. The van der Waals surface area contributed by atoms with Gasteiger partial charge in [0, 0.05) is 16.3 Å². The van der Waals surface area contributed by atoms with Crippen molar-refractivity contribution in [2.75, 3.05) is 5.32 Å². The summed E-state index contributed by atoms with van der Waals surface area (Å²) >= 11 is 5.90. The third kappa shape index (κ3) is 5.43. The van der Waals surface area contributed by atoms with Gasteiger partial charge in [-0.1, -0.05) is 35.9 Å². The summed E-state index contributed by atoms with van der Waals surface area (Å²) in [4.78, 5) is 36.8. The van der Waals surface area contributed by atoms with E-state index in [0.29, 0.717) is 21.8 Å². The Kier molecular flexibility index (Phi) is 6.26. The maximum absolute atomic E-state index is 12.8. The van der Waals surface area contributed by atoms with E-state index in [4.69, 9.17) is 16.0 Å². The number of anilines is 1. The van der Waals surface area contributed by atoms with Crippen LogP contribution < -0.4 is 10.6 Å². The number of carbonyl (C=O) groups excluding carboxylic acids is 3. The van der Waals surface area contributed by atoms with E-state index < -0.39 is 11.8 Å². The van der Waals surface area contributed by atoms with Crippen LogP contribution in [0.1, 0.15) is 33.4 Å². The fraction of sp³-hybridized carbons (Fsp3) is 0.0455. The van der Waals surface area contributed by atoms with Crippen LogP contribution in [0, 0.1) is 0 Å². The van der Waals surface area contributed by atoms with Crippen molar-refractivity contribution >= 4 is 41.0 Å². The summed E-state index contributed by atoms with van der Waals surface area (Å²) in [7, 11) is 0. The first-order valence-corrected chi connectivity index (χ1v) is 9.04. The molecule has 0 aliphatic carbocycles. The molecule has 2 N–H and O–H groups in total. The molecule has 1 heterocycles. The Balaban J connectivity index is 1.88. The van der Waals surface area contributed by atoms with Crippen LogP contribution in [0.15, 0.2) is 77.0 Å². The topological polar surface area (TPSA) is 88.4 Å². The number of carbonyl (C=O) groups is 3. The molecular weight excluding hydrogens is 392 g/mol. The van der Waals surface area contributed by atoms with Gasteiger partial charge in [-0.05, 0) is 55.0 Å². The van der Waals surface area contributed by atoms with Gasteiger partial charge in [-0.3, -0.25) is 14.4 Å². The van der Waals surface area contributed by atoms with Crippen LogP contribution in [0.4, 0.5) is 5.69 Å². The number of benzene rings is 2. The molecular formula is C22H17ClN2O4. The summed E-state index contributed by atoms with van der Waals surface area (Å²) in [5.74, 6) is -1.18. The predicted octanol–water partition coefficient (Wildman–Crippen LogP) is 4.55. The van der Waals surface area contributed by atoms with Crippen LogP contribution >= 0.6 is 11.6 Å². The van der Waals surface area contributed by atoms with Gasteiger partial charge in [0.1, 0.15) is 5.70 Å². The second kappa shape index (κ2) is 9.03. The number of ketones is 1. The summed E-state index contributed by atoms with van der Waals surface area (Å²) in [5.41, 5.74) is 1.56. The Bertz CT molecular complexity index is 1070. The van der Waals surface area contributed by atoms with E-state index in [9.17, 15) is 14.4 Å². The van der Waals surface area contributed by atoms with E-state index in [2.05, 4.69) is 10.6 Å². The van der Waals surface area contributed by atoms with Crippen molar-refractivity contribution in [1.29, 1.82) is 0 Å². The minimum atomic E-state index is -0.567. The fourth-order valence-electron chi connectivity index (χ4n) is 2.49. The Labute approximate surface area is 172 Å². The minimum Gasteiger partial charge on any atom is -0.459 e. The lowest BCUT2D eigenvalue weighted by atomic mass is 10.1. The summed E-state index contributed by atoms with van der Waals surface area (Å²) in [6.45, 7) is 1.44. The highest BCUT2D eigenvalue weighted by atomic mass is 35.5. The monoisotopic (exact) mass is 408 g/mol. The number of nitrogens with one attached hydrogen (secondary N) is 2. The second-order valence-electron chi connectivity index (χ2n) is 6.13. The molecule has 2 aromatic carbocycles. The van der Waals surface area contributed by atoms with Crippen molar-refractivity contribution in [2.24, 2.45) is 0 Å². The summed E-state index contributed by atoms with van der Waals surface area (Å²) in [5, 5.41) is 5.79. The van der Waals surface area contributed by atoms with Crippen LogP contribution in [0.2, 0.25) is 5.02 Å². The van der Waals surface area contributed by atoms with Gasteiger partial charge in [0.05, 0.1) is 6.26 Å². The molecule has 0 saturated carbocycles. The van der Waals surface area contributed by atoms with Gasteiger partial charge >= 0.3 is 0 Å². The summed E-state index contributed by atoms with van der Waals surface area (Å²) in [6.07, 6.45) is 2.88. The van der Waals surface area contributed by atoms with Gasteiger partial charge in [0.2, 0.25) is 0 Å². The first-order chi connectivity index (χ1) is 13.9. The van der Waals surface area contributed by atoms with E-state index in [0.717, 1.165) is 0 Å². The number of rotatable bonds is 6. The predicted molar refractivity (Wildman–Crippen MR) is 111 cm³/mol. The Morgan fingerprint density at radius 2 is 1.76 bits per heavy atom. The van der Waals surface area contributed by atoms with Gasteiger partial charge in [-0.15, -0.1) is 0 Å². The zero-order chi connectivity index (χ0) is 20.8. The van der Waals surface area contributed by atoms with Crippen LogP contribution in [-0.4, -0.2) is 17.6 Å². The smallest absolute Gasteiger partial charge is 0.291 e. The Hall–Kier alpha value is -3.64. The minimum absolute atomic E-state index is 0.00181. The zero-order valence-electron chi connectivity index (χ0n) is 15.4. The number of furan rings is 1. The zero-order valence-corrected chi connectivity index (χ0v) is 16.2. The molecule has 29 heavy (non-hydrogen) atoms. The van der Waals surface area contributed by atoms with E-state index in [1.165, 1.54) is 25.3 Å². The highest BCUT2D eigenvalue weighted by Gasteiger charge is 2.17. The SMILES string of the molecule is CC(=O)c1cccc(NC(=O)/C(=C/c2ccc(Cl)cc2)NC(=O)c2ccco2)c1. The molecule has 0 radical (unpaired) electrons. The highest BCUT2D eigenvalue weighted by molar-refractivity contribution is 6.30. The molecule has 0 bridgehead atoms. The van der Waals surface area contributed by atoms with Crippen molar-refractivity contribution in [3.8, 4) is 0 Å². The van der Waals surface area contributed by atoms with Crippen molar-refractivity contribution < 1.29 is 18.8 Å². The van der Waals surface area contributed by atoms with Crippen molar-refractivity contribution in [1.82, 2.24) is 5.32 Å². The van der Waals surface area contributed by atoms with Gasteiger partial charge in [-0.2, -0.15) is 0 Å². The third-order valence-electron chi connectivity index (χ3n) is 3.95. The summed E-state index contributed by atoms with van der Waals surface area (Å²) in [6, 6.07) is 16.4. The van der Waals surface area contributed by atoms with Crippen molar-refractivity contribution in [3.05, 3.63) is 94.5 Å². The molecule has 3 aromatic rings. The lowest BCUT2D eigenvalue weighted by molar-refractivity contribution is -0.113. The van der Waals surface area contributed by atoms with E-state index in [1.807, 2.05) is 0 Å². The summed E-state index contributed by atoms with van der Waals surface area (Å²) < 4.78 is 5.08. The van der Waals surface area contributed by atoms with E-state index in [-0.39, 0.29) is 17.2 Å². The van der Waals surface area contributed by atoms with Crippen molar-refractivity contribution in [2.45, 2.75) is 6.92 Å². The largest absolute Gasteiger partial charge is 0.459 e. The molecule has 0 unspecified atom stereocenters. The Morgan fingerprint density at radius 3 is 2.41 bits per heavy atom. The number of hydrogen-bond donors (Lipinski definition) is 2. The molecule has 0 aliphatic heterocycles. The lowest BCUT2D eigenvalue weighted by Crippen LogP contribution is -2.30. The molecule has 0 fully saturated rings. The molecule has 3 rings (SSSR count). The fourth-order valence-corrected chi connectivity index (χ4v) is 2.62. The molecule has 0 aliphatic rings. The van der Waals surface area contributed by atoms with Crippen LogP contribution in [0.3, 0.4) is 0 Å². The number of amides is 2. The average molecular weight is 409 g/mol. The molecule has 0 saturated heterocycles. The number of Topliss-reactive ketones (excluding diaryl/α,β-unsaturated/α-hetero) is 1. The molecule has 6 nitrogen and oxygen atoms in total. The number of hydrogen-bond acceptors (Lipinski definition) is 4. The van der Waals surface area contributed by atoms with Gasteiger partial charge in [0.15, 0.2) is 11.5 Å². The molecule has 146 valence electrons. The van der Waals surface area contributed by atoms with Crippen molar-refractivity contribution in [3.63, 3.8) is 0 Å². The average Bonchev–Trinajstić information content (AvgIpc) is 3.24. The third-order valence-corrected chi connectivity index (χ3v) is 4.20. The Morgan fingerprint density at radius 1 is 1.00 bits per heavy atom. The molecule has 0 spiro atoms. The molecule has 1 aromatic heterocycles. The van der Waals surface area contributed by atoms with E-state index >= 15 is 0 Å². The van der Waals surface area contributed by atoms with Crippen LogP contribution in [0.25, 0.3) is 6.08 Å². The maximum Gasteiger partial charge on any atom is 0.291 e. The van der Waals surface area contributed by atoms with Crippen LogP contribution in [-0.2, 0) is 4.79 Å². The normalized spacial score (nSPS) is 11.0. The highest BCUT2D eigenvalue weighted by Crippen LogP contribution is 2.15. The quantitative estimate of drug-likeness (QED) is 0.462. The van der Waals surface area contributed by atoms with E-state index in [1.54, 1.807) is 54.6 Å². The van der Waals surface area contributed by atoms with Gasteiger partial charge < -0.3 is 15.1 Å². The molecule has 0 atom stereocenters. The van der Waals surface area contributed by atoms with Gasteiger partial charge in [-0.25, -0.2) is 0 Å². The molecule has 2 amide bonds. The van der Waals surface area contributed by atoms with Gasteiger partial charge in [0.25, 0.3) is 11.8 Å². The first-order valence-electron chi connectivity index (χ1n) is 8.67. The molecule has 7 heteroatoms. The van der Waals surface area contributed by atoms with Crippen LogP contribution in [0.5, 0.6) is 0 Å². The first kappa shape index (κ1) is 20.1. The lowest BCUT2D eigenvalue weighted by Gasteiger charge is -2.11. The number of halogens is 1.